The third-order valence-electron chi connectivity index (χ3n) is 3.66. The maximum Gasteiger partial charge on any atom is 0.233 e. The van der Waals surface area contributed by atoms with Crippen molar-refractivity contribution >= 4 is 11.8 Å². The third-order valence-corrected chi connectivity index (χ3v) is 4.56. The minimum atomic E-state index is -0.924. The van der Waals surface area contributed by atoms with E-state index in [4.69, 9.17) is 0 Å². The van der Waals surface area contributed by atoms with Gasteiger partial charge in [-0.25, -0.2) is 13.8 Å². The van der Waals surface area contributed by atoms with Crippen molar-refractivity contribution in [3.05, 3.63) is 70.8 Å². The monoisotopic (exact) mass is 369 g/mol. The Morgan fingerprint density at radius 1 is 1.15 bits per heavy atom. The van der Waals surface area contributed by atoms with E-state index in [1.807, 2.05) is 31.2 Å². The van der Waals surface area contributed by atoms with Gasteiger partial charge in [-0.1, -0.05) is 47.7 Å². The summed E-state index contributed by atoms with van der Waals surface area (Å²) < 4.78 is 27.1. The van der Waals surface area contributed by atoms with E-state index in [2.05, 4.69) is 9.97 Å². The Labute approximate surface area is 153 Å². The van der Waals surface area contributed by atoms with Crippen LogP contribution >= 0.6 is 11.8 Å². The van der Waals surface area contributed by atoms with E-state index in [0.29, 0.717) is 11.3 Å². The van der Waals surface area contributed by atoms with Gasteiger partial charge < -0.3 is 5.11 Å². The second-order valence-corrected chi connectivity index (χ2v) is 6.48. The summed E-state index contributed by atoms with van der Waals surface area (Å²) in [7, 11) is 0. The highest BCUT2D eigenvalue weighted by atomic mass is 32.2. The summed E-state index contributed by atoms with van der Waals surface area (Å²) in [6, 6.07) is 13.2. The number of nitriles is 1. The molecular formula is C19H13F2N3OS. The molecule has 26 heavy (non-hydrogen) atoms. The summed E-state index contributed by atoms with van der Waals surface area (Å²) in [6.45, 7) is 1.90. The summed E-state index contributed by atoms with van der Waals surface area (Å²) in [4.78, 5) is 8.22. The Morgan fingerprint density at radius 2 is 1.92 bits per heavy atom. The van der Waals surface area contributed by atoms with Crippen LogP contribution in [0.3, 0.4) is 0 Å². The molecule has 0 radical (unpaired) electrons. The van der Waals surface area contributed by atoms with E-state index in [1.165, 1.54) is 12.1 Å². The SMILES string of the molecule is Cc1cccc(-c2nc(SCc3cccc(F)c3F)nc(O)c2C#N)c1. The third kappa shape index (κ3) is 3.65. The molecule has 0 atom stereocenters. The van der Waals surface area contributed by atoms with Crippen molar-refractivity contribution < 1.29 is 13.9 Å². The lowest BCUT2D eigenvalue weighted by atomic mass is 10.1. The molecule has 0 saturated carbocycles. The van der Waals surface area contributed by atoms with Crippen molar-refractivity contribution in [3.63, 3.8) is 0 Å². The van der Waals surface area contributed by atoms with E-state index < -0.39 is 17.5 Å². The molecule has 3 aromatic rings. The number of hydrogen-bond donors (Lipinski definition) is 1. The molecule has 130 valence electrons. The molecule has 3 rings (SSSR count). The number of rotatable bonds is 4. The molecule has 0 aliphatic heterocycles. The highest BCUT2D eigenvalue weighted by Crippen LogP contribution is 2.31. The predicted octanol–water partition coefficient (Wildman–Crippen LogP) is 4.60. The van der Waals surface area contributed by atoms with E-state index in [1.54, 1.807) is 6.07 Å². The number of benzene rings is 2. The Balaban J connectivity index is 1.96. The molecule has 4 nitrogen and oxygen atoms in total. The minimum Gasteiger partial charge on any atom is -0.492 e. The van der Waals surface area contributed by atoms with E-state index in [-0.39, 0.29) is 22.0 Å². The molecule has 1 aromatic heterocycles. The molecule has 1 N–H and O–H groups in total. The van der Waals surface area contributed by atoms with Crippen LogP contribution in [0, 0.1) is 29.9 Å². The fourth-order valence-electron chi connectivity index (χ4n) is 2.40. The van der Waals surface area contributed by atoms with Gasteiger partial charge in [0.25, 0.3) is 0 Å². The van der Waals surface area contributed by atoms with Crippen molar-refractivity contribution in [3.8, 4) is 23.2 Å². The molecule has 0 fully saturated rings. The maximum absolute atomic E-state index is 13.8. The lowest BCUT2D eigenvalue weighted by molar-refractivity contribution is 0.444. The second kappa shape index (κ2) is 7.50. The first-order valence-corrected chi connectivity index (χ1v) is 8.62. The standard InChI is InChI=1S/C19H13F2N3OS/c1-11-4-2-5-12(8-11)17-14(9-22)18(25)24-19(23-17)26-10-13-6-3-7-15(20)16(13)21/h2-8H,10H2,1H3,(H,23,24,25). The summed E-state index contributed by atoms with van der Waals surface area (Å²) in [6.07, 6.45) is 0. The molecule has 0 aliphatic carbocycles. The quantitative estimate of drug-likeness (QED) is 0.538. The molecule has 1 heterocycles. The van der Waals surface area contributed by atoms with Gasteiger partial charge in [-0.2, -0.15) is 10.2 Å². The lowest BCUT2D eigenvalue weighted by Crippen LogP contribution is -1.98. The molecule has 0 saturated heterocycles. The van der Waals surface area contributed by atoms with Gasteiger partial charge in [0.05, 0.1) is 5.69 Å². The van der Waals surface area contributed by atoms with Crippen LogP contribution in [-0.4, -0.2) is 15.1 Å². The Bertz CT molecular complexity index is 1020. The van der Waals surface area contributed by atoms with E-state index in [0.717, 1.165) is 23.4 Å². The zero-order valence-electron chi connectivity index (χ0n) is 13.7. The number of thioether (sulfide) groups is 1. The van der Waals surface area contributed by atoms with Crippen molar-refractivity contribution in [1.29, 1.82) is 5.26 Å². The van der Waals surface area contributed by atoms with E-state index in [9.17, 15) is 19.1 Å². The number of aromatic nitrogens is 2. The molecule has 0 spiro atoms. The van der Waals surface area contributed by atoms with Crippen LogP contribution in [0.25, 0.3) is 11.3 Å². The zero-order chi connectivity index (χ0) is 18.7. The average molecular weight is 369 g/mol. The summed E-state index contributed by atoms with van der Waals surface area (Å²) in [5.74, 6) is -2.20. The number of hydrogen-bond acceptors (Lipinski definition) is 5. The molecular weight excluding hydrogens is 356 g/mol. The number of aryl methyl sites for hydroxylation is 1. The largest absolute Gasteiger partial charge is 0.492 e. The molecule has 0 aliphatic rings. The summed E-state index contributed by atoms with van der Waals surface area (Å²) in [5, 5.41) is 19.6. The van der Waals surface area contributed by atoms with Gasteiger partial charge in [0.2, 0.25) is 5.88 Å². The predicted molar refractivity (Wildman–Crippen MR) is 94.5 cm³/mol. The van der Waals surface area contributed by atoms with Crippen molar-refractivity contribution in [2.75, 3.05) is 0 Å². The van der Waals surface area contributed by atoms with Gasteiger partial charge in [-0.05, 0) is 19.1 Å². The topological polar surface area (TPSA) is 69.8 Å². The van der Waals surface area contributed by atoms with Crippen LogP contribution in [0.5, 0.6) is 5.88 Å². The number of aromatic hydroxyl groups is 1. The van der Waals surface area contributed by atoms with Gasteiger partial charge in [-0.15, -0.1) is 0 Å². The van der Waals surface area contributed by atoms with Crippen LogP contribution < -0.4 is 0 Å². The van der Waals surface area contributed by atoms with Crippen molar-refractivity contribution in [1.82, 2.24) is 9.97 Å². The van der Waals surface area contributed by atoms with Crippen LogP contribution in [-0.2, 0) is 5.75 Å². The zero-order valence-corrected chi connectivity index (χ0v) is 14.5. The number of halogens is 2. The second-order valence-electron chi connectivity index (χ2n) is 5.54. The minimum absolute atomic E-state index is 0.0307. The van der Waals surface area contributed by atoms with Crippen LogP contribution in [0.2, 0.25) is 0 Å². The first-order chi connectivity index (χ1) is 12.5. The van der Waals surface area contributed by atoms with Gasteiger partial charge in [0.1, 0.15) is 11.6 Å². The van der Waals surface area contributed by atoms with Crippen LogP contribution in [0.15, 0.2) is 47.6 Å². The molecule has 2 aromatic carbocycles. The van der Waals surface area contributed by atoms with Crippen molar-refractivity contribution in [2.24, 2.45) is 0 Å². The highest BCUT2D eigenvalue weighted by molar-refractivity contribution is 7.98. The fourth-order valence-corrected chi connectivity index (χ4v) is 3.21. The van der Waals surface area contributed by atoms with Crippen LogP contribution in [0.4, 0.5) is 8.78 Å². The normalized spacial score (nSPS) is 10.5. The number of nitrogens with zero attached hydrogens (tertiary/aromatic N) is 3. The Morgan fingerprint density at radius 3 is 2.65 bits per heavy atom. The van der Waals surface area contributed by atoms with Gasteiger partial charge in [-0.3, -0.25) is 0 Å². The molecule has 7 heteroatoms. The van der Waals surface area contributed by atoms with Crippen LogP contribution in [0.1, 0.15) is 16.7 Å². The molecule has 0 bridgehead atoms. The molecule has 0 unspecified atom stereocenters. The van der Waals surface area contributed by atoms with Gasteiger partial charge in [0.15, 0.2) is 16.8 Å². The van der Waals surface area contributed by atoms with E-state index >= 15 is 0 Å². The smallest absolute Gasteiger partial charge is 0.233 e. The van der Waals surface area contributed by atoms with Crippen molar-refractivity contribution in [2.45, 2.75) is 17.8 Å². The van der Waals surface area contributed by atoms with Gasteiger partial charge in [0, 0.05) is 16.9 Å². The fraction of sp³-hybridized carbons (Fsp3) is 0.105. The maximum atomic E-state index is 13.8. The Hall–Kier alpha value is -2.98. The first-order valence-electron chi connectivity index (χ1n) is 7.63. The average Bonchev–Trinajstić information content (AvgIpc) is 2.62. The molecule has 0 amide bonds. The summed E-state index contributed by atoms with van der Waals surface area (Å²) >= 11 is 1.04. The van der Waals surface area contributed by atoms with Gasteiger partial charge >= 0.3 is 0 Å². The highest BCUT2D eigenvalue weighted by Gasteiger charge is 2.17. The summed E-state index contributed by atoms with van der Waals surface area (Å²) in [5.41, 5.74) is 2.07. The lowest BCUT2D eigenvalue weighted by Gasteiger charge is -2.09. The Kier molecular flexibility index (Phi) is 5.14. The first kappa shape index (κ1) is 17.8.